The van der Waals surface area contributed by atoms with Gasteiger partial charge in [0.15, 0.2) is 0 Å². The molecule has 0 aliphatic carbocycles. The highest BCUT2D eigenvalue weighted by Gasteiger charge is 2.11. The third-order valence-electron chi connectivity index (χ3n) is 5.06. The summed E-state index contributed by atoms with van der Waals surface area (Å²) in [4.78, 5) is 0. The van der Waals surface area contributed by atoms with Crippen molar-refractivity contribution in [3.8, 4) is 0 Å². The molecule has 0 saturated heterocycles. The maximum atomic E-state index is 2.25. The molecule has 26 heavy (non-hydrogen) atoms. The summed E-state index contributed by atoms with van der Waals surface area (Å²) in [5, 5.41) is 10.9. The van der Waals surface area contributed by atoms with Gasteiger partial charge in [-0.05, 0) is 43.1 Å². The van der Waals surface area contributed by atoms with E-state index in [1.54, 1.807) is 0 Å². The summed E-state index contributed by atoms with van der Waals surface area (Å²) in [6, 6.07) is 38.4. The second kappa shape index (κ2) is 6.16. The van der Waals surface area contributed by atoms with Gasteiger partial charge in [0.05, 0.1) is 0 Å². The zero-order chi connectivity index (χ0) is 17.3. The van der Waals surface area contributed by atoms with Crippen LogP contribution >= 0.6 is 0 Å². The van der Waals surface area contributed by atoms with Gasteiger partial charge >= 0.3 is 0 Å². The Balaban J connectivity index is 0.000000215. The largest absolute Gasteiger partial charge is 0.0623 e. The van der Waals surface area contributed by atoms with Crippen molar-refractivity contribution in [3.05, 3.63) is 109 Å². The monoisotopic (exact) mass is 330 g/mol. The summed E-state index contributed by atoms with van der Waals surface area (Å²) in [6.07, 6.45) is 0. The van der Waals surface area contributed by atoms with Crippen LogP contribution in [0.25, 0.3) is 43.1 Å². The zero-order valence-corrected chi connectivity index (χ0v) is 14.4. The Morgan fingerprint density at radius 3 is 1.08 bits per heavy atom. The Morgan fingerprint density at radius 1 is 0.269 bits per heavy atom. The second-order valence-corrected chi connectivity index (χ2v) is 6.57. The molecule has 0 heterocycles. The Hall–Kier alpha value is -3.38. The molecule has 0 unspecified atom stereocenters. The van der Waals surface area contributed by atoms with Gasteiger partial charge in [-0.2, -0.15) is 0 Å². The molecular weight excluding hydrogens is 312 g/mol. The van der Waals surface area contributed by atoms with E-state index in [1.165, 1.54) is 43.1 Å². The molecule has 122 valence electrons. The molecule has 0 spiro atoms. The minimum absolute atomic E-state index is 1.33. The molecule has 0 radical (unpaired) electrons. The zero-order valence-electron chi connectivity index (χ0n) is 14.4. The van der Waals surface area contributed by atoms with E-state index in [1.807, 2.05) is 36.4 Å². The minimum atomic E-state index is 1.33. The van der Waals surface area contributed by atoms with Gasteiger partial charge in [-0.25, -0.2) is 0 Å². The second-order valence-electron chi connectivity index (χ2n) is 6.57. The molecule has 6 rings (SSSR count). The SMILES string of the molecule is c1ccc2c(c1)c1cccc3ccc4cccc2c4c31.c1ccccc1. The van der Waals surface area contributed by atoms with Crippen LogP contribution in [-0.2, 0) is 0 Å². The Morgan fingerprint density at radius 2 is 0.654 bits per heavy atom. The molecule has 0 amide bonds. The van der Waals surface area contributed by atoms with Crippen LogP contribution in [0.2, 0.25) is 0 Å². The van der Waals surface area contributed by atoms with Crippen LogP contribution in [0.15, 0.2) is 109 Å². The van der Waals surface area contributed by atoms with Gasteiger partial charge in [0.1, 0.15) is 0 Å². The highest BCUT2D eigenvalue weighted by atomic mass is 14.1. The molecule has 0 heteroatoms. The molecule has 0 atom stereocenters. The van der Waals surface area contributed by atoms with Crippen LogP contribution in [0, 0.1) is 0 Å². The molecule has 0 aromatic heterocycles. The van der Waals surface area contributed by atoms with Gasteiger partial charge in [0.2, 0.25) is 0 Å². The van der Waals surface area contributed by atoms with E-state index in [0.29, 0.717) is 0 Å². The summed E-state index contributed by atoms with van der Waals surface area (Å²) < 4.78 is 0. The highest BCUT2D eigenvalue weighted by Crippen LogP contribution is 2.40. The molecule has 0 aliphatic rings. The highest BCUT2D eigenvalue weighted by molar-refractivity contribution is 6.33. The van der Waals surface area contributed by atoms with Gasteiger partial charge in [-0.3, -0.25) is 0 Å². The van der Waals surface area contributed by atoms with Gasteiger partial charge in [-0.15, -0.1) is 0 Å². The van der Waals surface area contributed by atoms with Crippen molar-refractivity contribution in [1.29, 1.82) is 0 Å². The van der Waals surface area contributed by atoms with Crippen molar-refractivity contribution < 1.29 is 0 Å². The number of fused-ring (bicyclic) bond motifs is 3. The van der Waals surface area contributed by atoms with Gasteiger partial charge < -0.3 is 0 Å². The summed E-state index contributed by atoms with van der Waals surface area (Å²) in [7, 11) is 0. The quantitative estimate of drug-likeness (QED) is 0.201. The van der Waals surface area contributed by atoms with E-state index < -0.39 is 0 Å². The number of rotatable bonds is 0. The van der Waals surface area contributed by atoms with Crippen molar-refractivity contribution in [3.63, 3.8) is 0 Å². The Bertz CT molecular complexity index is 1200. The van der Waals surface area contributed by atoms with Crippen molar-refractivity contribution in [2.24, 2.45) is 0 Å². The predicted molar refractivity (Wildman–Crippen MR) is 114 cm³/mol. The lowest BCUT2D eigenvalue weighted by Gasteiger charge is -2.14. The van der Waals surface area contributed by atoms with Crippen LogP contribution < -0.4 is 0 Å². The standard InChI is InChI=1S/C20H12.C6H6/c1-2-8-16-15(7-1)17-9-3-5-13-11-12-14-6-4-10-18(16)20(14)19(13)17;1-2-4-6-5-3-1/h1-12H;1-6H. The predicted octanol–water partition coefficient (Wildman–Crippen LogP) is 7.42. The lowest BCUT2D eigenvalue weighted by atomic mass is 9.89. The topological polar surface area (TPSA) is 0 Å². The van der Waals surface area contributed by atoms with E-state index >= 15 is 0 Å². The fourth-order valence-corrected chi connectivity index (χ4v) is 3.94. The first kappa shape index (κ1) is 14.9. The smallest absolute Gasteiger partial charge is 0.00203 e. The lowest BCUT2D eigenvalue weighted by molar-refractivity contribution is 1.72. The molecule has 0 N–H and O–H groups in total. The minimum Gasteiger partial charge on any atom is -0.0623 e. The van der Waals surface area contributed by atoms with Crippen LogP contribution in [0.1, 0.15) is 0 Å². The third kappa shape index (κ3) is 2.31. The lowest BCUT2D eigenvalue weighted by Crippen LogP contribution is -1.86. The van der Waals surface area contributed by atoms with Crippen molar-refractivity contribution >= 4 is 43.1 Å². The number of hydrogen-bond donors (Lipinski definition) is 0. The Labute approximate surface area is 152 Å². The molecular formula is C26H18. The number of hydrogen-bond acceptors (Lipinski definition) is 0. The van der Waals surface area contributed by atoms with Crippen LogP contribution in [0.3, 0.4) is 0 Å². The van der Waals surface area contributed by atoms with Gasteiger partial charge in [0.25, 0.3) is 0 Å². The summed E-state index contributed by atoms with van der Waals surface area (Å²) >= 11 is 0. The average molecular weight is 330 g/mol. The molecule has 0 fully saturated rings. The van der Waals surface area contributed by atoms with E-state index in [9.17, 15) is 0 Å². The summed E-state index contributed by atoms with van der Waals surface area (Å²) in [5.74, 6) is 0. The van der Waals surface area contributed by atoms with E-state index in [-0.39, 0.29) is 0 Å². The normalized spacial score (nSPS) is 11.1. The van der Waals surface area contributed by atoms with Crippen LogP contribution in [0.5, 0.6) is 0 Å². The molecule has 0 aliphatic heterocycles. The summed E-state index contributed by atoms with van der Waals surface area (Å²) in [5.41, 5.74) is 0. The molecule has 0 bridgehead atoms. The maximum absolute atomic E-state index is 2.25. The Kier molecular flexibility index (Phi) is 3.54. The van der Waals surface area contributed by atoms with Crippen LogP contribution in [-0.4, -0.2) is 0 Å². The van der Waals surface area contributed by atoms with Crippen molar-refractivity contribution in [1.82, 2.24) is 0 Å². The van der Waals surface area contributed by atoms with E-state index in [2.05, 4.69) is 72.8 Å². The molecule has 0 saturated carbocycles. The first-order chi connectivity index (χ1) is 12.9. The first-order valence-electron chi connectivity index (χ1n) is 8.98. The van der Waals surface area contributed by atoms with E-state index in [0.717, 1.165) is 0 Å². The molecule has 6 aromatic rings. The third-order valence-corrected chi connectivity index (χ3v) is 5.06. The molecule has 0 nitrogen and oxygen atoms in total. The van der Waals surface area contributed by atoms with E-state index in [4.69, 9.17) is 0 Å². The summed E-state index contributed by atoms with van der Waals surface area (Å²) in [6.45, 7) is 0. The average Bonchev–Trinajstić information content (AvgIpc) is 2.74. The van der Waals surface area contributed by atoms with Gasteiger partial charge in [-0.1, -0.05) is 109 Å². The van der Waals surface area contributed by atoms with Crippen molar-refractivity contribution in [2.75, 3.05) is 0 Å². The molecule has 6 aromatic carbocycles. The van der Waals surface area contributed by atoms with Gasteiger partial charge in [0, 0.05) is 0 Å². The maximum Gasteiger partial charge on any atom is -0.00203 e. The van der Waals surface area contributed by atoms with Crippen LogP contribution in [0.4, 0.5) is 0 Å². The first-order valence-corrected chi connectivity index (χ1v) is 8.98. The number of benzene rings is 6. The fraction of sp³-hybridized carbons (Fsp3) is 0. The van der Waals surface area contributed by atoms with Crippen molar-refractivity contribution in [2.45, 2.75) is 0 Å². The fourth-order valence-electron chi connectivity index (χ4n) is 3.94.